The number of hydrogen-bond acceptors (Lipinski definition) is 2. The molecule has 0 aromatic carbocycles. The molecule has 0 radical (unpaired) electrons. The van der Waals surface area contributed by atoms with Crippen LogP contribution in [0, 0.1) is 0 Å². The first-order chi connectivity index (χ1) is 6.59. The molecular formula is C10H20I2N2. The van der Waals surface area contributed by atoms with Crippen LogP contribution in [0.3, 0.4) is 0 Å². The summed E-state index contributed by atoms with van der Waals surface area (Å²) in [6.07, 6.45) is 6.87. The van der Waals surface area contributed by atoms with Gasteiger partial charge in [0.05, 0.1) is 0 Å². The standard InChI is InChI=1S/C10H20I2N2/c1-9(2)14(12)8-10(13-11)6-4-3-5-7-10/h9,13H,3-8H2,1-2H3. The van der Waals surface area contributed by atoms with E-state index in [4.69, 9.17) is 0 Å². The fourth-order valence-corrected chi connectivity index (χ4v) is 3.35. The van der Waals surface area contributed by atoms with Gasteiger partial charge in [-0.05, 0) is 26.7 Å². The lowest BCUT2D eigenvalue weighted by Crippen LogP contribution is -2.50. The highest BCUT2D eigenvalue weighted by Gasteiger charge is 2.32. The Morgan fingerprint density at radius 1 is 1.29 bits per heavy atom. The maximum atomic E-state index is 3.53. The van der Waals surface area contributed by atoms with Crippen LogP contribution < -0.4 is 3.53 Å². The van der Waals surface area contributed by atoms with Crippen LogP contribution in [0.1, 0.15) is 46.0 Å². The van der Waals surface area contributed by atoms with Crippen LogP contribution in [0.2, 0.25) is 0 Å². The number of rotatable bonds is 4. The van der Waals surface area contributed by atoms with Crippen LogP contribution in [-0.4, -0.2) is 21.2 Å². The maximum absolute atomic E-state index is 3.53. The van der Waals surface area contributed by atoms with E-state index in [1.54, 1.807) is 0 Å². The molecule has 0 spiro atoms. The van der Waals surface area contributed by atoms with Gasteiger partial charge >= 0.3 is 0 Å². The van der Waals surface area contributed by atoms with Gasteiger partial charge in [0, 0.05) is 63.9 Å². The normalized spacial score (nSPS) is 21.9. The van der Waals surface area contributed by atoms with Gasteiger partial charge in [-0.15, -0.1) is 0 Å². The molecule has 0 heterocycles. The van der Waals surface area contributed by atoms with E-state index < -0.39 is 0 Å². The van der Waals surface area contributed by atoms with Crippen LogP contribution in [-0.2, 0) is 0 Å². The zero-order valence-electron chi connectivity index (χ0n) is 9.02. The minimum absolute atomic E-state index is 0.379. The average molecular weight is 422 g/mol. The second-order valence-corrected chi connectivity index (χ2v) is 6.37. The van der Waals surface area contributed by atoms with E-state index in [0.717, 1.165) is 0 Å². The number of halogens is 2. The Morgan fingerprint density at radius 2 is 1.86 bits per heavy atom. The predicted molar refractivity (Wildman–Crippen MR) is 78.8 cm³/mol. The Labute approximate surface area is 116 Å². The van der Waals surface area contributed by atoms with Crippen molar-refractivity contribution in [2.75, 3.05) is 6.54 Å². The van der Waals surface area contributed by atoms with E-state index in [9.17, 15) is 0 Å². The average Bonchev–Trinajstić information content (AvgIpc) is 2.19. The summed E-state index contributed by atoms with van der Waals surface area (Å²) in [7, 11) is 0. The molecule has 0 saturated heterocycles. The Bertz CT molecular complexity index is 168. The summed E-state index contributed by atoms with van der Waals surface area (Å²) in [6.45, 7) is 5.69. The van der Waals surface area contributed by atoms with E-state index in [1.807, 2.05) is 0 Å². The zero-order valence-corrected chi connectivity index (χ0v) is 13.3. The van der Waals surface area contributed by atoms with Gasteiger partial charge in [-0.25, -0.2) is 3.11 Å². The van der Waals surface area contributed by atoms with Crippen LogP contribution in [0.25, 0.3) is 0 Å². The first-order valence-corrected chi connectivity index (χ1v) is 7.44. The highest BCUT2D eigenvalue weighted by molar-refractivity contribution is 14.1. The summed E-state index contributed by atoms with van der Waals surface area (Å²) >= 11 is 4.79. The Balaban J connectivity index is 2.51. The quantitative estimate of drug-likeness (QED) is 0.550. The van der Waals surface area contributed by atoms with Crippen LogP contribution in [0.15, 0.2) is 0 Å². The lowest BCUT2D eigenvalue weighted by atomic mass is 9.82. The molecule has 2 nitrogen and oxygen atoms in total. The lowest BCUT2D eigenvalue weighted by molar-refractivity contribution is 0.227. The molecule has 1 fully saturated rings. The molecule has 0 aliphatic heterocycles. The monoisotopic (exact) mass is 422 g/mol. The SMILES string of the molecule is CC(C)N(I)CC1(NI)CCCCC1. The minimum Gasteiger partial charge on any atom is -0.254 e. The number of nitrogens with one attached hydrogen (secondary N) is 1. The van der Waals surface area contributed by atoms with Gasteiger partial charge in [0.2, 0.25) is 0 Å². The Kier molecular flexibility index (Phi) is 5.95. The zero-order chi connectivity index (χ0) is 10.6. The molecule has 0 bridgehead atoms. The first kappa shape index (κ1) is 13.4. The van der Waals surface area contributed by atoms with Gasteiger partial charge in [0.1, 0.15) is 0 Å². The third kappa shape index (κ3) is 3.75. The maximum Gasteiger partial charge on any atom is 0.0409 e. The molecule has 1 rings (SSSR count). The smallest absolute Gasteiger partial charge is 0.0409 e. The third-order valence-electron chi connectivity index (χ3n) is 3.03. The van der Waals surface area contributed by atoms with Gasteiger partial charge in [0.25, 0.3) is 0 Å². The van der Waals surface area contributed by atoms with Gasteiger partial charge < -0.3 is 0 Å². The van der Waals surface area contributed by atoms with Crippen molar-refractivity contribution in [3.8, 4) is 0 Å². The molecule has 0 aromatic rings. The van der Waals surface area contributed by atoms with Crippen LogP contribution in [0.4, 0.5) is 0 Å². The molecule has 0 amide bonds. The van der Waals surface area contributed by atoms with Crippen molar-refractivity contribution < 1.29 is 0 Å². The minimum atomic E-state index is 0.379. The predicted octanol–water partition coefficient (Wildman–Crippen LogP) is 3.69. The van der Waals surface area contributed by atoms with E-state index in [0.29, 0.717) is 11.6 Å². The Morgan fingerprint density at radius 3 is 2.29 bits per heavy atom. The third-order valence-corrected chi connectivity index (χ3v) is 5.62. The molecule has 0 aromatic heterocycles. The van der Waals surface area contributed by atoms with E-state index in [-0.39, 0.29) is 0 Å². The van der Waals surface area contributed by atoms with Gasteiger partial charge in [0.15, 0.2) is 0 Å². The van der Waals surface area contributed by atoms with Crippen LogP contribution in [0.5, 0.6) is 0 Å². The Hall–Kier alpha value is 1.38. The van der Waals surface area contributed by atoms with E-state index in [1.165, 1.54) is 38.6 Å². The summed E-state index contributed by atoms with van der Waals surface area (Å²) in [4.78, 5) is 0. The number of hydrogen-bond donors (Lipinski definition) is 1. The highest BCUT2D eigenvalue weighted by atomic mass is 127. The second-order valence-electron chi connectivity index (χ2n) is 4.59. The summed E-state index contributed by atoms with van der Waals surface area (Å²) < 4.78 is 5.95. The summed E-state index contributed by atoms with van der Waals surface area (Å²) in [5, 5.41) is 0. The molecule has 1 N–H and O–H groups in total. The van der Waals surface area contributed by atoms with Crippen LogP contribution >= 0.6 is 45.7 Å². The molecule has 14 heavy (non-hydrogen) atoms. The van der Waals surface area contributed by atoms with Crippen molar-refractivity contribution in [1.29, 1.82) is 0 Å². The topological polar surface area (TPSA) is 15.3 Å². The van der Waals surface area contributed by atoms with Gasteiger partial charge in [-0.3, -0.25) is 3.53 Å². The van der Waals surface area contributed by atoms with Gasteiger partial charge in [-0.2, -0.15) is 0 Å². The molecule has 0 atom stereocenters. The molecule has 1 aliphatic carbocycles. The fourth-order valence-electron chi connectivity index (χ4n) is 1.98. The first-order valence-electron chi connectivity index (χ1n) is 5.40. The summed E-state index contributed by atoms with van der Waals surface area (Å²) in [5.41, 5.74) is 0.379. The largest absolute Gasteiger partial charge is 0.254 e. The molecule has 4 heteroatoms. The second kappa shape index (κ2) is 6.20. The highest BCUT2D eigenvalue weighted by Crippen LogP contribution is 2.31. The van der Waals surface area contributed by atoms with Crippen molar-refractivity contribution in [1.82, 2.24) is 6.64 Å². The molecule has 84 valence electrons. The van der Waals surface area contributed by atoms with Crippen molar-refractivity contribution in [2.24, 2.45) is 0 Å². The summed E-state index contributed by atoms with van der Waals surface area (Å²) in [5.74, 6) is 0. The van der Waals surface area contributed by atoms with E-state index in [2.05, 4.69) is 66.2 Å². The van der Waals surface area contributed by atoms with Crippen molar-refractivity contribution in [3.05, 3.63) is 0 Å². The molecule has 1 aliphatic rings. The van der Waals surface area contributed by atoms with Crippen molar-refractivity contribution >= 4 is 45.7 Å². The number of nitrogens with zero attached hydrogens (tertiary/aromatic N) is 1. The van der Waals surface area contributed by atoms with Crippen molar-refractivity contribution in [3.63, 3.8) is 0 Å². The lowest BCUT2D eigenvalue weighted by Gasteiger charge is -2.39. The molecule has 1 saturated carbocycles. The molecular weight excluding hydrogens is 402 g/mol. The molecule has 0 unspecified atom stereocenters. The fraction of sp³-hybridized carbons (Fsp3) is 1.00. The summed E-state index contributed by atoms with van der Waals surface area (Å²) in [6, 6.07) is 0.638. The van der Waals surface area contributed by atoms with Gasteiger partial charge in [-0.1, -0.05) is 19.3 Å². The van der Waals surface area contributed by atoms with Crippen molar-refractivity contribution in [2.45, 2.75) is 57.5 Å². The van der Waals surface area contributed by atoms with E-state index >= 15 is 0 Å².